The third-order valence-corrected chi connectivity index (χ3v) is 5.06. The molecule has 0 amide bonds. The molecule has 116 valence electrons. The van der Waals surface area contributed by atoms with Crippen molar-refractivity contribution >= 4 is 33.5 Å². The Morgan fingerprint density at radius 3 is 2.12 bits per heavy atom. The van der Waals surface area contributed by atoms with E-state index in [1.807, 2.05) is 48.5 Å². The van der Waals surface area contributed by atoms with Crippen LogP contribution in [-0.2, 0) is 0 Å². The fraction of sp³-hybridized carbons (Fsp3) is 0. The molecule has 0 saturated carbocycles. The first-order valence-electron chi connectivity index (χ1n) is 7.63. The van der Waals surface area contributed by atoms with Gasteiger partial charge in [-0.2, -0.15) is 0 Å². The number of halogens is 2. The first-order valence-corrected chi connectivity index (χ1v) is 8.71. The summed E-state index contributed by atoms with van der Waals surface area (Å²) in [6.45, 7) is 0. The van der Waals surface area contributed by atoms with Crippen LogP contribution in [0.2, 0.25) is 0 Å². The number of aromatic nitrogens is 1. The van der Waals surface area contributed by atoms with Crippen LogP contribution in [0.1, 0.15) is 0 Å². The minimum atomic E-state index is -0.226. The zero-order valence-corrected chi connectivity index (χ0v) is 14.9. The molecule has 0 atom stereocenters. The Hall–Kier alpha value is -2.27. The van der Waals surface area contributed by atoms with E-state index in [1.54, 1.807) is 0 Å². The fourth-order valence-electron chi connectivity index (χ4n) is 2.87. The van der Waals surface area contributed by atoms with Gasteiger partial charge in [-0.25, -0.2) is 9.37 Å². The largest absolute Gasteiger partial charge is 0.247 e. The van der Waals surface area contributed by atoms with E-state index in [2.05, 4.69) is 40.8 Å². The Morgan fingerprint density at radius 1 is 0.708 bits per heavy atom. The lowest BCUT2D eigenvalue weighted by molar-refractivity contribution is 0.628. The molecular weight excluding hydrogens is 412 g/mol. The number of rotatable bonds is 2. The minimum Gasteiger partial charge on any atom is -0.247 e. The molecule has 0 aliphatic rings. The van der Waals surface area contributed by atoms with Crippen LogP contribution in [-0.4, -0.2) is 4.98 Å². The van der Waals surface area contributed by atoms with Crippen molar-refractivity contribution < 1.29 is 4.39 Å². The van der Waals surface area contributed by atoms with Gasteiger partial charge < -0.3 is 0 Å². The van der Waals surface area contributed by atoms with E-state index in [-0.39, 0.29) is 5.82 Å². The summed E-state index contributed by atoms with van der Waals surface area (Å²) >= 11 is 2.35. The maximum atomic E-state index is 13.3. The molecule has 4 rings (SSSR count). The SMILES string of the molecule is Fc1ccc(-c2c(I)c(-c3ccccc3)nc3ccccc23)cc1. The molecule has 0 aliphatic heterocycles. The number of pyridine rings is 1. The predicted molar refractivity (Wildman–Crippen MR) is 105 cm³/mol. The van der Waals surface area contributed by atoms with Gasteiger partial charge in [-0.15, -0.1) is 0 Å². The highest BCUT2D eigenvalue weighted by Crippen LogP contribution is 2.37. The van der Waals surface area contributed by atoms with Crippen molar-refractivity contribution in [2.75, 3.05) is 0 Å². The smallest absolute Gasteiger partial charge is 0.123 e. The summed E-state index contributed by atoms with van der Waals surface area (Å²) in [6, 6.07) is 24.9. The van der Waals surface area contributed by atoms with Crippen LogP contribution in [0.4, 0.5) is 4.39 Å². The number of hydrogen-bond acceptors (Lipinski definition) is 1. The number of nitrogens with zero attached hydrogens (tertiary/aromatic N) is 1. The summed E-state index contributed by atoms with van der Waals surface area (Å²) < 4.78 is 14.4. The van der Waals surface area contributed by atoms with Crippen LogP contribution >= 0.6 is 22.6 Å². The van der Waals surface area contributed by atoms with Gasteiger partial charge in [0.05, 0.1) is 11.2 Å². The van der Waals surface area contributed by atoms with Crippen molar-refractivity contribution in [1.29, 1.82) is 0 Å². The van der Waals surface area contributed by atoms with E-state index in [0.717, 1.165) is 36.9 Å². The molecular formula is C21H13FIN. The van der Waals surface area contributed by atoms with Crippen LogP contribution in [0.25, 0.3) is 33.3 Å². The van der Waals surface area contributed by atoms with Gasteiger partial charge in [-0.05, 0) is 46.4 Å². The second-order valence-corrected chi connectivity index (χ2v) is 6.62. The number of hydrogen-bond donors (Lipinski definition) is 0. The van der Waals surface area contributed by atoms with Crippen molar-refractivity contribution in [1.82, 2.24) is 4.98 Å². The molecule has 1 nitrogen and oxygen atoms in total. The van der Waals surface area contributed by atoms with E-state index < -0.39 is 0 Å². The average Bonchev–Trinajstić information content (AvgIpc) is 2.63. The molecule has 0 unspecified atom stereocenters. The molecule has 24 heavy (non-hydrogen) atoms. The zero-order valence-electron chi connectivity index (χ0n) is 12.7. The Bertz CT molecular complexity index is 1010. The van der Waals surface area contributed by atoms with Crippen LogP contribution in [0.3, 0.4) is 0 Å². The normalized spacial score (nSPS) is 10.9. The monoisotopic (exact) mass is 425 g/mol. The average molecular weight is 425 g/mol. The summed E-state index contributed by atoms with van der Waals surface area (Å²) in [4.78, 5) is 4.87. The van der Waals surface area contributed by atoms with Crippen LogP contribution in [0.15, 0.2) is 78.9 Å². The van der Waals surface area contributed by atoms with E-state index in [1.165, 1.54) is 12.1 Å². The lowest BCUT2D eigenvalue weighted by atomic mass is 9.98. The molecule has 0 fully saturated rings. The Labute approximate surface area is 153 Å². The van der Waals surface area contributed by atoms with Gasteiger partial charge in [0, 0.05) is 20.1 Å². The van der Waals surface area contributed by atoms with Crippen molar-refractivity contribution in [2.45, 2.75) is 0 Å². The number of fused-ring (bicyclic) bond motifs is 1. The maximum Gasteiger partial charge on any atom is 0.123 e. The molecule has 1 aromatic heterocycles. The quantitative estimate of drug-likeness (QED) is 0.343. The Morgan fingerprint density at radius 2 is 1.38 bits per heavy atom. The summed E-state index contributed by atoms with van der Waals surface area (Å²) in [5.41, 5.74) is 5.07. The molecule has 0 bridgehead atoms. The van der Waals surface area contributed by atoms with Crippen molar-refractivity contribution in [3.05, 3.63) is 88.3 Å². The first kappa shape index (κ1) is 15.3. The Kier molecular flexibility index (Phi) is 4.02. The molecule has 1 heterocycles. The summed E-state index contributed by atoms with van der Waals surface area (Å²) in [6.07, 6.45) is 0. The van der Waals surface area contributed by atoms with E-state index in [0.29, 0.717) is 0 Å². The standard InChI is InChI=1S/C21H13FIN/c22-16-12-10-14(11-13-16)19-17-8-4-5-9-18(17)24-21(20(19)23)15-6-2-1-3-7-15/h1-13H. The second kappa shape index (κ2) is 6.32. The highest BCUT2D eigenvalue weighted by Gasteiger charge is 2.15. The molecule has 0 spiro atoms. The highest BCUT2D eigenvalue weighted by molar-refractivity contribution is 14.1. The van der Waals surface area contributed by atoms with Gasteiger partial charge >= 0.3 is 0 Å². The lowest BCUT2D eigenvalue weighted by Gasteiger charge is -2.14. The molecule has 0 radical (unpaired) electrons. The van der Waals surface area contributed by atoms with E-state index in [9.17, 15) is 4.39 Å². The summed E-state index contributed by atoms with van der Waals surface area (Å²) in [5, 5.41) is 1.08. The van der Waals surface area contributed by atoms with Crippen molar-refractivity contribution in [3.63, 3.8) is 0 Å². The fourth-order valence-corrected chi connectivity index (χ4v) is 3.91. The third kappa shape index (κ3) is 2.69. The third-order valence-electron chi connectivity index (χ3n) is 4.01. The minimum absolute atomic E-state index is 0.226. The first-order chi connectivity index (χ1) is 11.7. The predicted octanol–water partition coefficient (Wildman–Crippen LogP) is 6.31. The molecule has 3 heteroatoms. The topological polar surface area (TPSA) is 12.9 Å². The van der Waals surface area contributed by atoms with Crippen LogP contribution in [0, 0.1) is 9.39 Å². The second-order valence-electron chi connectivity index (χ2n) is 5.54. The highest BCUT2D eigenvalue weighted by atomic mass is 127. The van der Waals surface area contributed by atoms with Crippen LogP contribution < -0.4 is 0 Å². The molecule has 0 N–H and O–H groups in total. The van der Waals surface area contributed by atoms with E-state index in [4.69, 9.17) is 4.98 Å². The van der Waals surface area contributed by atoms with Crippen molar-refractivity contribution in [3.8, 4) is 22.4 Å². The van der Waals surface area contributed by atoms with E-state index >= 15 is 0 Å². The van der Waals surface area contributed by atoms with Gasteiger partial charge in [0.15, 0.2) is 0 Å². The Balaban J connectivity index is 2.07. The van der Waals surface area contributed by atoms with Gasteiger partial charge in [0.2, 0.25) is 0 Å². The zero-order chi connectivity index (χ0) is 16.5. The van der Waals surface area contributed by atoms with Crippen molar-refractivity contribution in [2.24, 2.45) is 0 Å². The van der Waals surface area contributed by atoms with Gasteiger partial charge in [-0.1, -0.05) is 60.7 Å². The number of benzene rings is 3. The molecule has 0 saturated heterocycles. The van der Waals surface area contributed by atoms with Crippen LogP contribution in [0.5, 0.6) is 0 Å². The molecule has 3 aromatic carbocycles. The van der Waals surface area contributed by atoms with Gasteiger partial charge in [-0.3, -0.25) is 0 Å². The van der Waals surface area contributed by atoms with Gasteiger partial charge in [0.25, 0.3) is 0 Å². The summed E-state index contributed by atoms with van der Waals surface area (Å²) in [5.74, 6) is -0.226. The summed E-state index contributed by atoms with van der Waals surface area (Å²) in [7, 11) is 0. The molecule has 4 aromatic rings. The molecule has 0 aliphatic carbocycles. The lowest BCUT2D eigenvalue weighted by Crippen LogP contribution is -1.95. The van der Waals surface area contributed by atoms with Gasteiger partial charge in [0.1, 0.15) is 5.82 Å². The number of para-hydroxylation sites is 1. The maximum absolute atomic E-state index is 13.3.